The summed E-state index contributed by atoms with van der Waals surface area (Å²) in [6.45, 7) is 9.24. The highest BCUT2D eigenvalue weighted by Crippen LogP contribution is 2.28. The van der Waals surface area contributed by atoms with Gasteiger partial charge in [0.25, 0.3) is 0 Å². The fraction of sp³-hybridized carbons (Fsp3) is 1.00. The van der Waals surface area contributed by atoms with Crippen molar-refractivity contribution in [3.8, 4) is 0 Å². The van der Waals surface area contributed by atoms with Gasteiger partial charge in [0.15, 0.2) is 0 Å². The highest BCUT2D eigenvalue weighted by Gasteiger charge is 2.24. The second-order valence-corrected chi connectivity index (χ2v) is 4.82. The molecule has 1 N–H and O–H groups in total. The van der Waals surface area contributed by atoms with Crippen LogP contribution in [0.3, 0.4) is 0 Å². The van der Waals surface area contributed by atoms with Crippen molar-refractivity contribution < 1.29 is 0 Å². The molecule has 1 aliphatic rings. The van der Waals surface area contributed by atoms with Gasteiger partial charge in [0, 0.05) is 12.1 Å². The second kappa shape index (κ2) is 4.27. The zero-order valence-corrected chi connectivity index (χ0v) is 8.93. The summed E-state index contributed by atoms with van der Waals surface area (Å²) in [6, 6.07) is 1.42. The predicted molar refractivity (Wildman–Crippen MR) is 54.2 cm³/mol. The Morgan fingerprint density at radius 1 is 1.17 bits per heavy atom. The largest absolute Gasteiger partial charge is 0.312 e. The summed E-state index contributed by atoms with van der Waals surface area (Å²) in [6.07, 6.45) is 4.19. The summed E-state index contributed by atoms with van der Waals surface area (Å²) in [7, 11) is 0. The van der Waals surface area contributed by atoms with Gasteiger partial charge >= 0.3 is 0 Å². The fourth-order valence-corrected chi connectivity index (χ4v) is 2.34. The van der Waals surface area contributed by atoms with E-state index in [1.165, 1.54) is 19.3 Å². The van der Waals surface area contributed by atoms with Crippen LogP contribution in [0.1, 0.15) is 47.0 Å². The third-order valence-electron chi connectivity index (χ3n) is 2.98. The molecule has 0 radical (unpaired) electrons. The molecule has 0 spiro atoms. The molecule has 1 fully saturated rings. The molecular weight excluding hydrogens is 146 g/mol. The van der Waals surface area contributed by atoms with Crippen LogP contribution in [0.5, 0.6) is 0 Å². The Balaban J connectivity index is 2.34. The lowest BCUT2D eigenvalue weighted by Gasteiger charge is -2.34. The average molecular weight is 169 g/mol. The molecule has 0 saturated heterocycles. The third-order valence-corrected chi connectivity index (χ3v) is 2.98. The Morgan fingerprint density at radius 2 is 1.83 bits per heavy atom. The van der Waals surface area contributed by atoms with Crippen LogP contribution in [-0.4, -0.2) is 12.1 Å². The zero-order chi connectivity index (χ0) is 9.14. The van der Waals surface area contributed by atoms with Crippen molar-refractivity contribution in [1.29, 1.82) is 0 Å². The number of hydrogen-bond acceptors (Lipinski definition) is 1. The summed E-state index contributed by atoms with van der Waals surface area (Å²) in [5.74, 6) is 1.82. The van der Waals surface area contributed by atoms with Crippen LogP contribution < -0.4 is 5.32 Å². The second-order valence-electron chi connectivity index (χ2n) is 4.82. The summed E-state index contributed by atoms with van der Waals surface area (Å²) in [5, 5.41) is 3.65. The van der Waals surface area contributed by atoms with Crippen LogP contribution in [0.25, 0.3) is 0 Å². The highest BCUT2D eigenvalue weighted by molar-refractivity contribution is 4.81. The van der Waals surface area contributed by atoms with Gasteiger partial charge in [0.05, 0.1) is 0 Å². The van der Waals surface area contributed by atoms with Crippen LogP contribution in [0.4, 0.5) is 0 Å². The molecule has 1 saturated carbocycles. The molecule has 0 amide bonds. The van der Waals surface area contributed by atoms with E-state index in [1.807, 2.05) is 0 Å². The van der Waals surface area contributed by atoms with Gasteiger partial charge in [0.1, 0.15) is 0 Å². The quantitative estimate of drug-likeness (QED) is 0.670. The first-order valence-electron chi connectivity index (χ1n) is 5.35. The van der Waals surface area contributed by atoms with Gasteiger partial charge in [-0.05, 0) is 31.1 Å². The van der Waals surface area contributed by atoms with Crippen molar-refractivity contribution in [3.63, 3.8) is 0 Å². The lowest BCUT2D eigenvalue weighted by Crippen LogP contribution is -2.42. The molecule has 1 rings (SSSR count). The molecule has 0 aliphatic heterocycles. The van der Waals surface area contributed by atoms with Gasteiger partial charge in [-0.15, -0.1) is 0 Å². The van der Waals surface area contributed by atoms with E-state index < -0.39 is 0 Å². The maximum atomic E-state index is 3.65. The first-order chi connectivity index (χ1) is 5.59. The number of rotatable bonds is 2. The first kappa shape index (κ1) is 10.0. The minimum Gasteiger partial charge on any atom is -0.312 e. The molecule has 0 bridgehead atoms. The monoisotopic (exact) mass is 169 g/mol. The number of nitrogens with one attached hydrogen (secondary N) is 1. The van der Waals surface area contributed by atoms with E-state index >= 15 is 0 Å². The lowest BCUT2D eigenvalue weighted by molar-refractivity contribution is 0.219. The van der Waals surface area contributed by atoms with Crippen molar-refractivity contribution in [1.82, 2.24) is 5.32 Å². The van der Waals surface area contributed by atoms with Crippen LogP contribution in [0.15, 0.2) is 0 Å². The molecule has 3 unspecified atom stereocenters. The maximum absolute atomic E-state index is 3.65. The topological polar surface area (TPSA) is 12.0 Å². The summed E-state index contributed by atoms with van der Waals surface area (Å²) < 4.78 is 0. The first-order valence-corrected chi connectivity index (χ1v) is 5.35. The Bertz CT molecular complexity index is 131. The van der Waals surface area contributed by atoms with Crippen LogP contribution >= 0.6 is 0 Å². The van der Waals surface area contributed by atoms with Crippen molar-refractivity contribution in [2.75, 3.05) is 0 Å². The van der Waals surface area contributed by atoms with Crippen molar-refractivity contribution in [2.45, 2.75) is 59.0 Å². The Hall–Kier alpha value is -0.0400. The van der Waals surface area contributed by atoms with Crippen molar-refractivity contribution >= 4 is 0 Å². The molecule has 12 heavy (non-hydrogen) atoms. The van der Waals surface area contributed by atoms with Gasteiger partial charge in [-0.25, -0.2) is 0 Å². The van der Waals surface area contributed by atoms with Gasteiger partial charge in [-0.2, -0.15) is 0 Å². The van der Waals surface area contributed by atoms with E-state index in [0.717, 1.165) is 17.9 Å². The maximum Gasteiger partial charge on any atom is 0.00952 e. The Labute approximate surface area is 76.9 Å². The minimum atomic E-state index is 0.644. The van der Waals surface area contributed by atoms with E-state index in [4.69, 9.17) is 0 Å². The predicted octanol–water partition coefficient (Wildman–Crippen LogP) is 2.81. The Kier molecular flexibility index (Phi) is 3.57. The smallest absolute Gasteiger partial charge is 0.00952 e. The molecule has 1 heteroatoms. The summed E-state index contributed by atoms with van der Waals surface area (Å²) in [5.41, 5.74) is 0. The third kappa shape index (κ3) is 2.78. The Morgan fingerprint density at radius 3 is 2.33 bits per heavy atom. The standard InChI is InChI=1S/C11H23N/c1-8(2)12-11-6-5-9(3)7-10(11)4/h8-12H,5-7H2,1-4H3. The van der Waals surface area contributed by atoms with Crippen LogP contribution in [0.2, 0.25) is 0 Å². The van der Waals surface area contributed by atoms with E-state index in [0.29, 0.717) is 6.04 Å². The average Bonchev–Trinajstić information content (AvgIpc) is 1.94. The van der Waals surface area contributed by atoms with Crippen LogP contribution in [0, 0.1) is 11.8 Å². The fourth-order valence-electron chi connectivity index (χ4n) is 2.34. The zero-order valence-electron chi connectivity index (χ0n) is 8.93. The van der Waals surface area contributed by atoms with Crippen LogP contribution in [-0.2, 0) is 0 Å². The van der Waals surface area contributed by atoms with E-state index in [1.54, 1.807) is 0 Å². The molecule has 1 aliphatic carbocycles. The minimum absolute atomic E-state index is 0.644. The van der Waals surface area contributed by atoms with Crippen molar-refractivity contribution in [2.24, 2.45) is 11.8 Å². The lowest BCUT2D eigenvalue weighted by atomic mass is 9.79. The molecule has 3 atom stereocenters. The molecule has 1 nitrogen and oxygen atoms in total. The van der Waals surface area contributed by atoms with E-state index in [2.05, 4.69) is 33.0 Å². The van der Waals surface area contributed by atoms with Gasteiger partial charge in [-0.3, -0.25) is 0 Å². The van der Waals surface area contributed by atoms with E-state index in [-0.39, 0.29) is 0 Å². The van der Waals surface area contributed by atoms with E-state index in [9.17, 15) is 0 Å². The van der Waals surface area contributed by atoms with Gasteiger partial charge in [0.2, 0.25) is 0 Å². The van der Waals surface area contributed by atoms with Gasteiger partial charge < -0.3 is 5.32 Å². The molecule has 0 heterocycles. The summed E-state index contributed by atoms with van der Waals surface area (Å²) in [4.78, 5) is 0. The summed E-state index contributed by atoms with van der Waals surface area (Å²) >= 11 is 0. The molecule has 0 aromatic rings. The molecule has 0 aromatic heterocycles. The number of hydrogen-bond donors (Lipinski definition) is 1. The molecule has 72 valence electrons. The highest BCUT2D eigenvalue weighted by atomic mass is 14.9. The van der Waals surface area contributed by atoms with Crippen molar-refractivity contribution in [3.05, 3.63) is 0 Å². The molecule has 0 aromatic carbocycles. The normalized spacial score (nSPS) is 37.2. The molecular formula is C11H23N. The SMILES string of the molecule is CC1CCC(NC(C)C)C(C)C1. The van der Waals surface area contributed by atoms with Gasteiger partial charge in [-0.1, -0.05) is 27.7 Å².